The van der Waals surface area contributed by atoms with Crippen LogP contribution >= 0.6 is 0 Å². The fraction of sp³-hybridized carbons (Fsp3) is 0.0625. The molecule has 0 saturated carbocycles. The first kappa shape index (κ1) is 41.2. The lowest BCUT2D eigenvalue weighted by Gasteiger charge is -2.46. The third-order valence-electron chi connectivity index (χ3n) is 14.3. The molecular weight excluding hydrogens is 853 g/mol. The third kappa shape index (κ3) is 6.56. The highest BCUT2D eigenvalue weighted by Crippen LogP contribution is 2.63. The van der Waals surface area contributed by atoms with Gasteiger partial charge in [-0.1, -0.05) is 238 Å². The van der Waals surface area contributed by atoms with Crippen molar-refractivity contribution in [2.45, 2.75) is 24.7 Å². The van der Waals surface area contributed by atoms with E-state index in [2.05, 4.69) is 159 Å². The number of rotatable bonds is 7. The first-order valence-corrected chi connectivity index (χ1v) is 23.8. The van der Waals surface area contributed by atoms with Gasteiger partial charge < -0.3 is 0 Å². The monoisotopic (exact) mass is 896 g/mol. The van der Waals surface area contributed by atoms with Gasteiger partial charge in [0, 0.05) is 38.8 Å². The summed E-state index contributed by atoms with van der Waals surface area (Å²) in [6.45, 7) is 4.71. The molecule has 2 aliphatic rings. The zero-order valence-electron chi connectivity index (χ0n) is 38.6. The smallest absolute Gasteiger partial charge is 0.164 e. The molecular formula is C64H44N6. The molecule has 2 aromatic heterocycles. The van der Waals surface area contributed by atoms with Gasteiger partial charge in [0.15, 0.2) is 34.9 Å². The predicted molar refractivity (Wildman–Crippen MR) is 281 cm³/mol. The molecule has 9 aromatic carbocycles. The van der Waals surface area contributed by atoms with E-state index in [0.717, 1.165) is 55.6 Å². The second-order valence-corrected chi connectivity index (χ2v) is 18.6. The molecule has 2 aliphatic carbocycles. The molecule has 2 heterocycles. The number of hydrogen-bond donors (Lipinski definition) is 0. The third-order valence-corrected chi connectivity index (χ3v) is 14.3. The van der Waals surface area contributed by atoms with Crippen LogP contribution in [0.25, 0.3) is 90.6 Å². The number of fused-ring (bicyclic) bond motifs is 9. The van der Waals surface area contributed by atoms with E-state index >= 15 is 0 Å². The summed E-state index contributed by atoms with van der Waals surface area (Å²) < 4.78 is 0. The Morgan fingerprint density at radius 1 is 0.243 bits per heavy atom. The van der Waals surface area contributed by atoms with Gasteiger partial charge in [-0.05, 0) is 61.7 Å². The highest BCUT2D eigenvalue weighted by molar-refractivity contribution is 5.97. The highest BCUT2D eigenvalue weighted by atomic mass is 15.0. The Morgan fingerprint density at radius 2 is 0.586 bits per heavy atom. The Hall–Kier alpha value is -9.00. The number of aromatic nitrogens is 6. The van der Waals surface area contributed by atoms with Crippen molar-refractivity contribution >= 4 is 0 Å². The molecule has 11 aromatic rings. The number of nitrogens with zero attached hydrogens (tertiary/aromatic N) is 6. The second kappa shape index (κ2) is 16.4. The van der Waals surface area contributed by atoms with Crippen molar-refractivity contribution in [1.29, 1.82) is 0 Å². The van der Waals surface area contributed by atoms with E-state index < -0.39 is 5.41 Å². The summed E-state index contributed by atoms with van der Waals surface area (Å²) in [5.74, 6) is 3.62. The lowest BCUT2D eigenvalue weighted by atomic mass is 9.55. The molecule has 0 fully saturated rings. The normalized spacial score (nSPS) is 13.5. The van der Waals surface area contributed by atoms with Crippen molar-refractivity contribution in [2.75, 3.05) is 0 Å². The van der Waals surface area contributed by atoms with Crippen LogP contribution in [0.15, 0.2) is 231 Å². The Balaban J connectivity index is 1.09. The van der Waals surface area contributed by atoms with Gasteiger partial charge in [0.1, 0.15) is 0 Å². The van der Waals surface area contributed by atoms with E-state index in [4.69, 9.17) is 29.9 Å². The van der Waals surface area contributed by atoms with Gasteiger partial charge in [0.2, 0.25) is 0 Å². The van der Waals surface area contributed by atoms with Crippen molar-refractivity contribution in [3.05, 3.63) is 264 Å². The van der Waals surface area contributed by atoms with Gasteiger partial charge in [-0.15, -0.1) is 0 Å². The summed E-state index contributed by atoms with van der Waals surface area (Å²) >= 11 is 0. The van der Waals surface area contributed by atoms with Crippen LogP contribution in [0.5, 0.6) is 0 Å². The summed E-state index contributed by atoms with van der Waals surface area (Å²) in [5, 5.41) is 0. The van der Waals surface area contributed by atoms with Crippen LogP contribution in [0.3, 0.4) is 0 Å². The van der Waals surface area contributed by atoms with Crippen molar-refractivity contribution in [2.24, 2.45) is 0 Å². The molecule has 1 spiro atoms. The predicted octanol–water partition coefficient (Wildman–Crippen LogP) is 14.7. The largest absolute Gasteiger partial charge is 0.208 e. The minimum Gasteiger partial charge on any atom is -0.208 e. The lowest BCUT2D eigenvalue weighted by Crippen LogP contribution is -2.40. The van der Waals surface area contributed by atoms with Crippen LogP contribution in [-0.2, 0) is 10.8 Å². The van der Waals surface area contributed by atoms with Crippen LogP contribution in [0, 0.1) is 0 Å². The summed E-state index contributed by atoms with van der Waals surface area (Å²) in [6.07, 6.45) is 0. The van der Waals surface area contributed by atoms with E-state index in [1.807, 2.05) is 84.9 Å². The molecule has 0 amide bonds. The van der Waals surface area contributed by atoms with Gasteiger partial charge in [0.25, 0.3) is 0 Å². The summed E-state index contributed by atoms with van der Waals surface area (Å²) in [7, 11) is 0. The van der Waals surface area contributed by atoms with Crippen LogP contribution < -0.4 is 0 Å². The number of benzene rings is 9. The molecule has 0 atom stereocenters. The van der Waals surface area contributed by atoms with Gasteiger partial charge in [-0.25, -0.2) is 29.9 Å². The maximum Gasteiger partial charge on any atom is 0.164 e. The second-order valence-electron chi connectivity index (χ2n) is 18.6. The minimum atomic E-state index is -0.670. The topological polar surface area (TPSA) is 77.3 Å². The molecule has 0 aliphatic heterocycles. The van der Waals surface area contributed by atoms with Crippen molar-refractivity contribution in [3.8, 4) is 90.6 Å². The van der Waals surface area contributed by atoms with Crippen LogP contribution in [0.1, 0.15) is 47.2 Å². The average molecular weight is 897 g/mol. The zero-order valence-corrected chi connectivity index (χ0v) is 38.6. The maximum absolute atomic E-state index is 5.41. The fourth-order valence-electron chi connectivity index (χ4n) is 11.0. The molecule has 6 nitrogen and oxygen atoms in total. The van der Waals surface area contributed by atoms with Crippen molar-refractivity contribution in [3.63, 3.8) is 0 Å². The van der Waals surface area contributed by atoms with Gasteiger partial charge in [0.05, 0.1) is 5.41 Å². The first-order valence-electron chi connectivity index (χ1n) is 23.8. The SMILES string of the molecule is CC1(C)c2ccccc2C2(c3ccc(-c4nc(-c5ccccc5)nc(-c5ccccc5)n4)cc3-c3c(-c4nc(-c5ccccc5)nc(-c5ccc(-c6ccccc6)cc5)n4)cccc32)c2ccccc21. The summed E-state index contributed by atoms with van der Waals surface area (Å²) in [5.41, 5.74) is 16.4. The number of hydrogen-bond acceptors (Lipinski definition) is 6. The minimum absolute atomic E-state index is 0.255. The summed E-state index contributed by atoms with van der Waals surface area (Å²) in [6, 6.07) is 81.0. The fourth-order valence-corrected chi connectivity index (χ4v) is 11.0. The van der Waals surface area contributed by atoms with Crippen molar-refractivity contribution < 1.29 is 0 Å². The van der Waals surface area contributed by atoms with E-state index in [1.54, 1.807) is 0 Å². The quantitative estimate of drug-likeness (QED) is 0.159. The van der Waals surface area contributed by atoms with E-state index in [1.165, 1.54) is 33.4 Å². The molecule has 0 saturated heterocycles. The molecule has 0 radical (unpaired) electrons. The van der Waals surface area contributed by atoms with Crippen LogP contribution in [0.2, 0.25) is 0 Å². The van der Waals surface area contributed by atoms with E-state index in [9.17, 15) is 0 Å². The molecule has 0 bridgehead atoms. The standard InChI is InChI=1S/C64H44N6/c1-63(2)51-29-15-17-31-53(51)64(54-32-18-16-30-52(54)63)50-39-38-47(61-67-57(43-22-9-4-10-23-43)65-58(68-61)44-24-11-5-12-25-44)40-49(50)56-48(28-19-33-55(56)64)62-69-59(45-26-13-6-14-27-45)66-60(70-62)46-36-34-42(35-37-46)41-20-7-3-8-21-41/h3-40H,1-2H3. The maximum atomic E-state index is 5.41. The van der Waals surface area contributed by atoms with Gasteiger partial charge in [-0.3, -0.25) is 0 Å². The molecule has 6 heteroatoms. The van der Waals surface area contributed by atoms with Gasteiger partial charge in [-0.2, -0.15) is 0 Å². The zero-order chi connectivity index (χ0) is 46.8. The molecule has 70 heavy (non-hydrogen) atoms. The van der Waals surface area contributed by atoms with Crippen LogP contribution in [-0.4, -0.2) is 29.9 Å². The van der Waals surface area contributed by atoms with Gasteiger partial charge >= 0.3 is 0 Å². The lowest BCUT2D eigenvalue weighted by molar-refractivity contribution is 0.563. The Morgan fingerprint density at radius 3 is 1.07 bits per heavy atom. The summed E-state index contributed by atoms with van der Waals surface area (Å²) in [4.78, 5) is 31.4. The van der Waals surface area contributed by atoms with Crippen molar-refractivity contribution in [1.82, 2.24) is 29.9 Å². The Kier molecular flexibility index (Phi) is 9.63. The molecule has 13 rings (SSSR count). The molecule has 330 valence electrons. The first-order chi connectivity index (χ1) is 34.4. The van der Waals surface area contributed by atoms with Crippen LogP contribution in [0.4, 0.5) is 0 Å². The molecule has 0 N–H and O–H groups in total. The highest BCUT2D eigenvalue weighted by Gasteiger charge is 2.54. The Bertz CT molecular complexity index is 3670. The average Bonchev–Trinajstić information content (AvgIpc) is 3.74. The van der Waals surface area contributed by atoms with E-state index in [0.29, 0.717) is 34.9 Å². The van der Waals surface area contributed by atoms with E-state index in [-0.39, 0.29) is 5.41 Å². The Labute approximate surface area is 407 Å². The molecule has 0 unspecified atom stereocenters.